The molecule has 0 bridgehead atoms. The molecule has 2 saturated carbocycles. The number of aliphatic imine (C=N–C) groups is 2. The smallest absolute Gasteiger partial charge is 0.141 e. The van der Waals surface area contributed by atoms with Crippen molar-refractivity contribution in [3.63, 3.8) is 0 Å². The van der Waals surface area contributed by atoms with Crippen LogP contribution in [0.5, 0.6) is 0 Å². The molecule has 0 saturated heterocycles. The number of hydrogen-bond acceptors (Lipinski definition) is 4. The number of nitrogens with zero attached hydrogens (tertiary/aromatic N) is 2. The molecule has 2 rings (SSSR count). The third kappa shape index (κ3) is 3.62. The topological polar surface area (TPSA) is 58.9 Å². The fourth-order valence-corrected chi connectivity index (χ4v) is 3.19. The van der Waals surface area contributed by atoms with Gasteiger partial charge in [-0.15, -0.1) is 0 Å². The molecule has 110 valence electrons. The largest absolute Gasteiger partial charge is 0.299 e. The van der Waals surface area contributed by atoms with Crippen LogP contribution >= 0.6 is 0 Å². The van der Waals surface area contributed by atoms with Crippen LogP contribution in [0, 0.1) is 11.8 Å². The van der Waals surface area contributed by atoms with Gasteiger partial charge >= 0.3 is 0 Å². The van der Waals surface area contributed by atoms with Crippen molar-refractivity contribution in [2.24, 2.45) is 21.8 Å². The summed E-state index contributed by atoms with van der Waals surface area (Å²) in [4.78, 5) is 32.2. The number of Topliss-reactive ketones (excluding diaryl/α,β-unsaturated/α-hetero) is 2. The van der Waals surface area contributed by atoms with Gasteiger partial charge in [0.15, 0.2) is 0 Å². The minimum Gasteiger partial charge on any atom is -0.299 e. The first kappa shape index (κ1) is 15.1. The van der Waals surface area contributed by atoms with Crippen LogP contribution < -0.4 is 0 Å². The molecule has 2 unspecified atom stereocenters. The average Bonchev–Trinajstić information content (AvgIpc) is 3.02. The zero-order valence-corrected chi connectivity index (χ0v) is 12.5. The molecular formula is C16H24N2O2. The van der Waals surface area contributed by atoms with E-state index < -0.39 is 0 Å². The molecule has 0 amide bonds. The van der Waals surface area contributed by atoms with E-state index in [0.29, 0.717) is 37.5 Å². The summed E-state index contributed by atoms with van der Waals surface area (Å²) < 4.78 is 0. The molecule has 0 spiro atoms. The lowest BCUT2D eigenvalue weighted by Crippen LogP contribution is -2.17. The van der Waals surface area contributed by atoms with Crippen molar-refractivity contribution in [2.45, 2.75) is 52.4 Å². The summed E-state index contributed by atoms with van der Waals surface area (Å²) in [6.07, 6.45) is 5.31. The Morgan fingerprint density at radius 3 is 1.60 bits per heavy atom. The van der Waals surface area contributed by atoms with Crippen LogP contribution in [0.3, 0.4) is 0 Å². The van der Waals surface area contributed by atoms with E-state index in [1.807, 2.05) is 13.8 Å². The van der Waals surface area contributed by atoms with E-state index in [0.717, 1.165) is 37.1 Å². The Bertz CT molecular complexity index is 409. The van der Waals surface area contributed by atoms with Crippen LogP contribution in [0.4, 0.5) is 0 Å². The molecule has 2 aliphatic rings. The van der Waals surface area contributed by atoms with Crippen LogP contribution in [0.1, 0.15) is 52.4 Å². The van der Waals surface area contributed by atoms with Gasteiger partial charge in [0.05, 0.1) is 24.9 Å². The van der Waals surface area contributed by atoms with Crippen molar-refractivity contribution >= 4 is 23.0 Å². The Morgan fingerprint density at radius 2 is 1.30 bits per heavy atom. The average molecular weight is 276 g/mol. The van der Waals surface area contributed by atoms with Crippen LogP contribution in [0.2, 0.25) is 0 Å². The van der Waals surface area contributed by atoms with Gasteiger partial charge < -0.3 is 0 Å². The van der Waals surface area contributed by atoms with Crippen molar-refractivity contribution in [1.29, 1.82) is 0 Å². The first-order chi connectivity index (χ1) is 9.59. The molecule has 0 aromatic rings. The van der Waals surface area contributed by atoms with E-state index in [9.17, 15) is 9.59 Å². The lowest BCUT2D eigenvalue weighted by molar-refractivity contribution is -0.119. The van der Waals surface area contributed by atoms with Crippen molar-refractivity contribution in [1.82, 2.24) is 0 Å². The quantitative estimate of drug-likeness (QED) is 0.572. The molecule has 2 fully saturated rings. The molecule has 20 heavy (non-hydrogen) atoms. The molecule has 2 atom stereocenters. The summed E-state index contributed by atoms with van der Waals surface area (Å²) in [5.74, 6) is 0.776. The number of ketones is 2. The molecule has 2 aliphatic carbocycles. The molecule has 0 aromatic carbocycles. The van der Waals surface area contributed by atoms with Gasteiger partial charge in [0, 0.05) is 24.3 Å². The van der Waals surface area contributed by atoms with Gasteiger partial charge in [-0.3, -0.25) is 19.6 Å². The van der Waals surface area contributed by atoms with Gasteiger partial charge in [0.25, 0.3) is 0 Å². The molecule has 0 aromatic heterocycles. The van der Waals surface area contributed by atoms with E-state index in [1.54, 1.807) is 0 Å². The second-order valence-corrected chi connectivity index (χ2v) is 5.87. The fourth-order valence-electron chi connectivity index (χ4n) is 3.19. The van der Waals surface area contributed by atoms with E-state index in [2.05, 4.69) is 9.98 Å². The Hall–Kier alpha value is -1.32. The zero-order valence-electron chi connectivity index (χ0n) is 12.5. The number of carbonyl (C=O) groups excluding carboxylic acids is 2. The van der Waals surface area contributed by atoms with Crippen LogP contribution in [-0.2, 0) is 9.59 Å². The van der Waals surface area contributed by atoms with E-state index >= 15 is 0 Å². The summed E-state index contributed by atoms with van der Waals surface area (Å²) in [6, 6.07) is 0. The minimum atomic E-state index is 0.0523. The van der Waals surface area contributed by atoms with Gasteiger partial charge in [-0.1, -0.05) is 0 Å². The maximum atomic E-state index is 11.6. The lowest BCUT2D eigenvalue weighted by atomic mass is 10.0. The second-order valence-electron chi connectivity index (χ2n) is 5.87. The number of carbonyl (C=O) groups is 2. The zero-order chi connectivity index (χ0) is 14.5. The monoisotopic (exact) mass is 276 g/mol. The molecule has 0 aliphatic heterocycles. The van der Waals surface area contributed by atoms with Gasteiger partial charge in [-0.05, 0) is 39.5 Å². The Balaban J connectivity index is 1.80. The lowest BCUT2D eigenvalue weighted by Gasteiger charge is -2.08. The molecular weight excluding hydrogens is 252 g/mol. The summed E-state index contributed by atoms with van der Waals surface area (Å²) >= 11 is 0. The van der Waals surface area contributed by atoms with Crippen LogP contribution in [-0.4, -0.2) is 36.1 Å². The van der Waals surface area contributed by atoms with Crippen molar-refractivity contribution in [2.75, 3.05) is 13.1 Å². The summed E-state index contributed by atoms with van der Waals surface area (Å²) in [7, 11) is 0. The van der Waals surface area contributed by atoms with Gasteiger partial charge in [0.1, 0.15) is 11.6 Å². The van der Waals surface area contributed by atoms with Gasteiger partial charge in [0.2, 0.25) is 0 Å². The number of hydrogen-bond donors (Lipinski definition) is 0. The van der Waals surface area contributed by atoms with Crippen molar-refractivity contribution in [3.05, 3.63) is 0 Å². The SMILES string of the molecule is CC(=NCCN=C(C)C1CCCC1=O)C1CCCC1=O. The predicted molar refractivity (Wildman–Crippen MR) is 80.6 cm³/mol. The highest BCUT2D eigenvalue weighted by Gasteiger charge is 2.27. The first-order valence-electron chi connectivity index (χ1n) is 7.67. The van der Waals surface area contributed by atoms with E-state index in [4.69, 9.17) is 0 Å². The van der Waals surface area contributed by atoms with Crippen LogP contribution in [0.25, 0.3) is 0 Å². The highest BCUT2D eigenvalue weighted by atomic mass is 16.1. The number of rotatable bonds is 5. The molecule has 0 radical (unpaired) electrons. The maximum Gasteiger partial charge on any atom is 0.141 e. The van der Waals surface area contributed by atoms with Crippen LogP contribution in [0.15, 0.2) is 9.98 Å². The summed E-state index contributed by atoms with van der Waals surface area (Å²) in [6.45, 7) is 5.14. The van der Waals surface area contributed by atoms with Crippen molar-refractivity contribution < 1.29 is 9.59 Å². The standard InChI is InChI=1S/C16H24N2O2/c1-11(13-5-3-7-15(13)19)17-9-10-18-12(2)14-6-4-8-16(14)20/h13-14H,3-10H2,1-2H3. The Kier molecular flexibility index (Phi) is 5.21. The summed E-state index contributed by atoms with van der Waals surface area (Å²) in [5, 5.41) is 0. The van der Waals surface area contributed by atoms with E-state index in [-0.39, 0.29) is 11.8 Å². The third-order valence-corrected chi connectivity index (χ3v) is 4.44. The Labute approximate surface area is 120 Å². The molecule has 4 nitrogen and oxygen atoms in total. The highest BCUT2D eigenvalue weighted by molar-refractivity contribution is 6.05. The van der Waals surface area contributed by atoms with Gasteiger partial charge in [-0.2, -0.15) is 0 Å². The van der Waals surface area contributed by atoms with Crippen molar-refractivity contribution in [3.8, 4) is 0 Å². The molecule has 0 N–H and O–H groups in total. The van der Waals surface area contributed by atoms with Gasteiger partial charge in [-0.25, -0.2) is 0 Å². The molecule has 0 heterocycles. The summed E-state index contributed by atoms with van der Waals surface area (Å²) in [5.41, 5.74) is 1.91. The molecule has 4 heteroatoms. The van der Waals surface area contributed by atoms with E-state index in [1.165, 1.54) is 0 Å². The first-order valence-corrected chi connectivity index (χ1v) is 7.67. The normalized spacial score (nSPS) is 28.5. The Morgan fingerprint density at radius 1 is 0.900 bits per heavy atom. The fraction of sp³-hybridized carbons (Fsp3) is 0.750. The predicted octanol–water partition coefficient (Wildman–Crippen LogP) is 2.65. The third-order valence-electron chi connectivity index (χ3n) is 4.44. The second kappa shape index (κ2) is 6.91. The minimum absolute atomic E-state index is 0.0523. The highest BCUT2D eigenvalue weighted by Crippen LogP contribution is 2.23. The maximum absolute atomic E-state index is 11.6.